The molecule has 0 aliphatic heterocycles. The molecule has 1 aliphatic rings. The third kappa shape index (κ3) is 4.03. The van der Waals surface area contributed by atoms with Gasteiger partial charge in [-0.1, -0.05) is 0 Å². The van der Waals surface area contributed by atoms with Crippen LogP contribution in [-0.4, -0.2) is 35.2 Å². The summed E-state index contributed by atoms with van der Waals surface area (Å²) in [4.78, 5) is 8.11. The molecule has 1 atom stereocenters. The number of fused-ring (bicyclic) bond motifs is 1. The molecule has 0 amide bonds. The van der Waals surface area contributed by atoms with Crippen molar-refractivity contribution in [3.05, 3.63) is 41.7 Å². The molecule has 170 valence electrons. The fraction of sp³-hybridized carbons (Fsp3) is 0.333. The van der Waals surface area contributed by atoms with Crippen LogP contribution in [0.25, 0.3) is 22.4 Å². The van der Waals surface area contributed by atoms with Crippen LogP contribution in [0.4, 0.5) is 13.2 Å². The van der Waals surface area contributed by atoms with Gasteiger partial charge in [0, 0.05) is 17.6 Å². The number of hydrogen-bond donors (Lipinski definition) is 1. The van der Waals surface area contributed by atoms with Crippen LogP contribution in [0.1, 0.15) is 43.5 Å². The fourth-order valence-electron chi connectivity index (χ4n) is 3.66. The number of rotatable bonds is 5. The average molecular weight is 474 g/mol. The van der Waals surface area contributed by atoms with Crippen LogP contribution < -0.4 is 4.72 Å². The van der Waals surface area contributed by atoms with Crippen LogP contribution in [0, 0.1) is 22.7 Å². The molecule has 4 rings (SSSR count). The number of sulfonamides is 1. The number of nitrogens with zero attached hydrogens (tertiary/aromatic N) is 5. The highest BCUT2D eigenvalue weighted by atomic mass is 32.2. The van der Waals surface area contributed by atoms with E-state index in [-0.39, 0.29) is 23.0 Å². The van der Waals surface area contributed by atoms with E-state index < -0.39 is 27.1 Å². The summed E-state index contributed by atoms with van der Waals surface area (Å²) in [5.74, 6) is 0. The van der Waals surface area contributed by atoms with Gasteiger partial charge in [-0.15, -0.1) is 0 Å². The topological polar surface area (TPSA) is 124 Å². The first kappa shape index (κ1) is 22.7. The van der Waals surface area contributed by atoms with Crippen molar-refractivity contribution in [3.63, 3.8) is 0 Å². The molecule has 3 aromatic rings. The molecule has 0 spiro atoms. The Kier molecular flexibility index (Phi) is 5.60. The lowest BCUT2D eigenvalue weighted by molar-refractivity contribution is -0.147. The van der Waals surface area contributed by atoms with E-state index in [4.69, 9.17) is 0 Å². The number of nitriles is 2. The van der Waals surface area contributed by atoms with Crippen molar-refractivity contribution in [2.45, 2.75) is 49.3 Å². The Morgan fingerprint density at radius 1 is 1.18 bits per heavy atom. The van der Waals surface area contributed by atoms with Gasteiger partial charge in [0.25, 0.3) is 0 Å². The van der Waals surface area contributed by atoms with Gasteiger partial charge in [-0.25, -0.2) is 13.4 Å². The van der Waals surface area contributed by atoms with E-state index in [0.717, 1.165) is 31.5 Å². The molecular formula is C21H17F3N6O2S. The summed E-state index contributed by atoms with van der Waals surface area (Å²) in [6, 6.07) is 7.53. The van der Waals surface area contributed by atoms with E-state index in [0.29, 0.717) is 23.7 Å². The van der Waals surface area contributed by atoms with Gasteiger partial charge in [-0.3, -0.25) is 4.98 Å². The molecule has 33 heavy (non-hydrogen) atoms. The molecule has 8 nitrogen and oxygen atoms in total. The summed E-state index contributed by atoms with van der Waals surface area (Å²) in [5.41, 5.74) is 1.64. The normalized spacial score (nSPS) is 15.6. The quantitative estimate of drug-likeness (QED) is 0.600. The predicted molar refractivity (Wildman–Crippen MR) is 111 cm³/mol. The minimum Gasteiger partial charge on any atom is -0.320 e. The van der Waals surface area contributed by atoms with Gasteiger partial charge in [0.15, 0.2) is 0 Å². The van der Waals surface area contributed by atoms with E-state index in [2.05, 4.69) is 16.0 Å². The first-order valence-electron chi connectivity index (χ1n) is 9.97. The standard InChI is InChI=1S/C21H17F3N6O2S/c1-12(21(22,23)24)29-33(31,32)15-6-8-18(27-11-15)19-17(10-26)16-7-5-13(9-25)28-20(16)30(19)14-3-2-4-14/h5-8,11-12,14,29H,2-4H2,1H3/t12-/m0/s1. The molecular weight excluding hydrogens is 457 g/mol. The van der Waals surface area contributed by atoms with E-state index in [1.54, 1.807) is 10.8 Å². The van der Waals surface area contributed by atoms with Crippen LogP contribution >= 0.6 is 0 Å². The molecule has 0 saturated heterocycles. The summed E-state index contributed by atoms with van der Waals surface area (Å²) in [6.45, 7) is 0.706. The van der Waals surface area contributed by atoms with Crippen molar-refractivity contribution in [2.75, 3.05) is 0 Å². The van der Waals surface area contributed by atoms with Crippen LogP contribution in [-0.2, 0) is 10.0 Å². The van der Waals surface area contributed by atoms with Crippen LogP contribution in [0.15, 0.2) is 35.4 Å². The molecule has 1 fully saturated rings. The second kappa shape index (κ2) is 8.14. The maximum absolute atomic E-state index is 12.8. The lowest BCUT2D eigenvalue weighted by Gasteiger charge is -2.29. The summed E-state index contributed by atoms with van der Waals surface area (Å²) in [7, 11) is -4.46. The van der Waals surface area contributed by atoms with Crippen molar-refractivity contribution in [3.8, 4) is 23.5 Å². The maximum atomic E-state index is 12.8. The SMILES string of the molecule is C[C@H](NS(=O)(=O)c1ccc(-c2c(C#N)c3ccc(C#N)nc3n2C2CCC2)nc1)C(F)(F)F. The Labute approximate surface area is 187 Å². The van der Waals surface area contributed by atoms with E-state index in [1.165, 1.54) is 12.1 Å². The number of pyridine rings is 2. The molecule has 0 aromatic carbocycles. The van der Waals surface area contributed by atoms with E-state index in [9.17, 15) is 32.1 Å². The van der Waals surface area contributed by atoms with Gasteiger partial charge in [-0.2, -0.15) is 28.4 Å². The molecule has 1 N–H and O–H groups in total. The molecule has 1 aliphatic carbocycles. The molecule has 3 heterocycles. The van der Waals surface area contributed by atoms with Gasteiger partial charge < -0.3 is 4.57 Å². The number of halogens is 3. The first-order chi connectivity index (χ1) is 15.6. The van der Waals surface area contributed by atoms with E-state index >= 15 is 0 Å². The van der Waals surface area contributed by atoms with Crippen LogP contribution in [0.2, 0.25) is 0 Å². The van der Waals surface area contributed by atoms with Gasteiger partial charge in [0.2, 0.25) is 10.0 Å². The van der Waals surface area contributed by atoms with E-state index in [1.807, 2.05) is 10.6 Å². The lowest BCUT2D eigenvalue weighted by Crippen LogP contribution is -2.42. The van der Waals surface area contributed by atoms with Crippen LogP contribution in [0.5, 0.6) is 0 Å². The Morgan fingerprint density at radius 2 is 1.91 bits per heavy atom. The molecule has 3 aromatic heterocycles. The van der Waals surface area contributed by atoms with Crippen molar-refractivity contribution in [1.29, 1.82) is 10.5 Å². The summed E-state index contributed by atoms with van der Waals surface area (Å²) in [6.07, 6.45) is -1.12. The monoisotopic (exact) mass is 474 g/mol. The second-order valence-corrected chi connectivity index (χ2v) is 9.45. The fourth-order valence-corrected chi connectivity index (χ4v) is 4.83. The molecule has 0 radical (unpaired) electrons. The predicted octanol–water partition coefficient (Wildman–Crippen LogP) is 3.80. The number of nitrogens with one attached hydrogen (secondary N) is 1. The zero-order chi connectivity index (χ0) is 24.0. The Bertz CT molecular complexity index is 1410. The third-order valence-corrected chi connectivity index (χ3v) is 7.15. The largest absolute Gasteiger partial charge is 0.404 e. The van der Waals surface area contributed by atoms with Gasteiger partial charge >= 0.3 is 6.18 Å². The smallest absolute Gasteiger partial charge is 0.320 e. The summed E-state index contributed by atoms with van der Waals surface area (Å²) < 4.78 is 66.5. The minimum absolute atomic E-state index is 0.0329. The average Bonchev–Trinajstić information content (AvgIpc) is 3.04. The second-order valence-electron chi connectivity index (χ2n) is 7.73. The summed E-state index contributed by atoms with van der Waals surface area (Å²) in [5, 5.41) is 19.6. The van der Waals surface area contributed by atoms with Crippen LogP contribution in [0.3, 0.4) is 0 Å². The number of hydrogen-bond acceptors (Lipinski definition) is 6. The first-order valence-corrected chi connectivity index (χ1v) is 11.5. The zero-order valence-electron chi connectivity index (χ0n) is 17.3. The van der Waals surface area contributed by atoms with Gasteiger partial charge in [0.05, 0.1) is 17.0 Å². The number of alkyl halides is 3. The van der Waals surface area contributed by atoms with Gasteiger partial charge in [-0.05, 0) is 50.5 Å². The third-order valence-electron chi connectivity index (χ3n) is 5.63. The highest BCUT2D eigenvalue weighted by molar-refractivity contribution is 7.89. The van der Waals surface area contributed by atoms with Crippen molar-refractivity contribution in [2.24, 2.45) is 0 Å². The Balaban J connectivity index is 1.82. The highest BCUT2D eigenvalue weighted by Gasteiger charge is 2.39. The zero-order valence-corrected chi connectivity index (χ0v) is 18.1. The van der Waals surface area contributed by atoms with Crippen molar-refractivity contribution < 1.29 is 21.6 Å². The lowest BCUT2D eigenvalue weighted by atomic mass is 9.92. The molecule has 1 saturated carbocycles. The highest BCUT2D eigenvalue weighted by Crippen LogP contribution is 2.41. The Hall–Kier alpha value is -3.48. The number of aromatic nitrogens is 3. The van der Waals surface area contributed by atoms with Gasteiger partial charge in [0.1, 0.15) is 34.4 Å². The summed E-state index contributed by atoms with van der Waals surface area (Å²) >= 11 is 0. The van der Waals surface area contributed by atoms with Crippen molar-refractivity contribution in [1.82, 2.24) is 19.3 Å². The molecule has 0 unspecified atom stereocenters. The molecule has 0 bridgehead atoms. The Morgan fingerprint density at radius 3 is 2.42 bits per heavy atom. The molecule has 12 heteroatoms. The maximum Gasteiger partial charge on any atom is 0.404 e. The van der Waals surface area contributed by atoms with Crippen molar-refractivity contribution >= 4 is 21.1 Å². The minimum atomic E-state index is -4.73.